The van der Waals surface area contributed by atoms with Gasteiger partial charge < -0.3 is 4.74 Å². The van der Waals surface area contributed by atoms with Crippen LogP contribution in [0.1, 0.15) is 0 Å². The summed E-state index contributed by atoms with van der Waals surface area (Å²) in [5.74, 6) is 1.08. The molecule has 0 bridgehead atoms. The Labute approximate surface area is 94.3 Å². The molecule has 0 saturated heterocycles. The molecule has 0 aromatic heterocycles. The van der Waals surface area contributed by atoms with E-state index >= 15 is 0 Å². The zero-order chi connectivity index (χ0) is 11.3. The van der Waals surface area contributed by atoms with E-state index in [9.17, 15) is 8.42 Å². The lowest BCUT2D eigenvalue weighted by Crippen LogP contribution is -2.09. The number of halogens is 1. The van der Waals surface area contributed by atoms with Gasteiger partial charge in [-0.05, 0) is 24.3 Å². The zero-order valence-corrected chi connectivity index (χ0v) is 9.81. The highest BCUT2D eigenvalue weighted by Crippen LogP contribution is 2.16. The summed E-state index contributed by atoms with van der Waals surface area (Å²) >= 11 is 5.45. The van der Waals surface area contributed by atoms with Crippen molar-refractivity contribution in [3.8, 4) is 5.75 Å². The number of benzene rings is 1. The Morgan fingerprint density at radius 2 is 1.93 bits per heavy atom. The molecular weight excluding hydrogens is 238 g/mol. The molecule has 0 aliphatic rings. The van der Waals surface area contributed by atoms with Gasteiger partial charge in [0.1, 0.15) is 12.4 Å². The van der Waals surface area contributed by atoms with Crippen LogP contribution in [-0.2, 0) is 10.0 Å². The van der Waals surface area contributed by atoms with Crippen LogP contribution in [0.15, 0.2) is 24.3 Å². The first-order chi connectivity index (χ1) is 7.01. The summed E-state index contributed by atoms with van der Waals surface area (Å²) < 4.78 is 29.4. The summed E-state index contributed by atoms with van der Waals surface area (Å²) in [5.41, 5.74) is 0.510. The molecule has 1 aromatic rings. The number of rotatable bonds is 5. The number of anilines is 1. The molecule has 4 nitrogen and oxygen atoms in total. The maximum absolute atomic E-state index is 10.9. The molecule has 0 radical (unpaired) electrons. The van der Waals surface area contributed by atoms with Gasteiger partial charge in [-0.1, -0.05) is 0 Å². The SMILES string of the molecule is CS(=O)(=O)Nc1ccc(OCCCl)cc1. The third-order valence-electron chi connectivity index (χ3n) is 1.50. The Hall–Kier alpha value is -0.940. The van der Waals surface area contributed by atoms with Crippen LogP contribution in [0, 0.1) is 0 Å². The Kier molecular flexibility index (Phi) is 4.23. The van der Waals surface area contributed by atoms with Crippen LogP contribution in [0.3, 0.4) is 0 Å². The van der Waals surface area contributed by atoms with E-state index < -0.39 is 10.0 Å². The zero-order valence-electron chi connectivity index (χ0n) is 8.23. The Morgan fingerprint density at radius 3 is 2.40 bits per heavy atom. The van der Waals surface area contributed by atoms with Crippen LogP contribution < -0.4 is 9.46 Å². The number of sulfonamides is 1. The molecule has 6 heteroatoms. The average molecular weight is 250 g/mol. The first-order valence-corrected chi connectivity index (χ1v) is 6.70. The minimum absolute atomic E-state index is 0.420. The second kappa shape index (κ2) is 5.23. The minimum atomic E-state index is -3.22. The lowest BCUT2D eigenvalue weighted by atomic mass is 10.3. The second-order valence-electron chi connectivity index (χ2n) is 2.94. The number of hydrogen-bond donors (Lipinski definition) is 1. The maximum Gasteiger partial charge on any atom is 0.229 e. The van der Waals surface area contributed by atoms with Gasteiger partial charge in [-0.3, -0.25) is 4.72 Å². The van der Waals surface area contributed by atoms with E-state index in [0.29, 0.717) is 23.9 Å². The van der Waals surface area contributed by atoms with Gasteiger partial charge in [0.25, 0.3) is 0 Å². The fraction of sp³-hybridized carbons (Fsp3) is 0.333. The van der Waals surface area contributed by atoms with E-state index in [0.717, 1.165) is 6.26 Å². The fourth-order valence-corrected chi connectivity index (χ4v) is 1.63. The molecule has 0 aliphatic carbocycles. The van der Waals surface area contributed by atoms with E-state index in [4.69, 9.17) is 16.3 Å². The summed E-state index contributed by atoms with van der Waals surface area (Å²) in [6.45, 7) is 0.431. The first kappa shape index (κ1) is 12.1. The van der Waals surface area contributed by atoms with Crippen molar-refractivity contribution in [3.63, 3.8) is 0 Å². The average Bonchev–Trinajstić information content (AvgIpc) is 2.14. The highest BCUT2D eigenvalue weighted by atomic mass is 35.5. The van der Waals surface area contributed by atoms with Crippen LogP contribution in [-0.4, -0.2) is 27.2 Å². The van der Waals surface area contributed by atoms with Gasteiger partial charge in [0.2, 0.25) is 10.0 Å². The molecule has 0 spiro atoms. The van der Waals surface area contributed by atoms with Gasteiger partial charge in [0.05, 0.1) is 12.1 Å². The molecule has 0 unspecified atom stereocenters. The minimum Gasteiger partial charge on any atom is -0.492 e. The van der Waals surface area contributed by atoms with E-state index in [1.54, 1.807) is 24.3 Å². The normalized spacial score (nSPS) is 11.1. The fourth-order valence-electron chi connectivity index (χ4n) is 0.990. The van der Waals surface area contributed by atoms with E-state index in [1.165, 1.54) is 0 Å². The molecule has 1 rings (SSSR count). The molecule has 0 aliphatic heterocycles. The van der Waals surface area contributed by atoms with Crippen LogP contribution in [0.2, 0.25) is 0 Å². The highest BCUT2D eigenvalue weighted by Gasteiger charge is 2.01. The van der Waals surface area contributed by atoms with Gasteiger partial charge >= 0.3 is 0 Å². The van der Waals surface area contributed by atoms with Crippen LogP contribution in [0.5, 0.6) is 5.75 Å². The van der Waals surface area contributed by atoms with Crippen molar-refractivity contribution in [2.75, 3.05) is 23.5 Å². The molecule has 1 aromatic carbocycles. The van der Waals surface area contributed by atoms with E-state index in [1.807, 2.05) is 0 Å². The molecule has 0 atom stereocenters. The van der Waals surface area contributed by atoms with Gasteiger partial charge in [0.15, 0.2) is 0 Å². The molecule has 84 valence electrons. The highest BCUT2D eigenvalue weighted by molar-refractivity contribution is 7.92. The van der Waals surface area contributed by atoms with Gasteiger partial charge in [-0.15, -0.1) is 11.6 Å². The van der Waals surface area contributed by atoms with E-state index in [2.05, 4.69) is 4.72 Å². The number of ether oxygens (including phenoxy) is 1. The van der Waals surface area contributed by atoms with Gasteiger partial charge in [-0.2, -0.15) is 0 Å². The molecule has 15 heavy (non-hydrogen) atoms. The van der Waals surface area contributed by atoms with Crippen molar-refractivity contribution >= 4 is 27.3 Å². The summed E-state index contributed by atoms with van der Waals surface area (Å²) in [5, 5.41) is 0. The number of alkyl halides is 1. The summed E-state index contributed by atoms with van der Waals surface area (Å²) in [6, 6.07) is 6.62. The van der Waals surface area contributed by atoms with Crippen LogP contribution >= 0.6 is 11.6 Å². The second-order valence-corrected chi connectivity index (χ2v) is 5.06. The molecule has 0 amide bonds. The predicted molar refractivity (Wildman–Crippen MR) is 61.1 cm³/mol. The molecule has 0 saturated carbocycles. The first-order valence-electron chi connectivity index (χ1n) is 4.28. The smallest absolute Gasteiger partial charge is 0.229 e. The Bertz CT molecular complexity index is 402. The molecule has 1 N–H and O–H groups in total. The van der Waals surface area contributed by atoms with Crippen LogP contribution in [0.4, 0.5) is 5.69 Å². The largest absolute Gasteiger partial charge is 0.492 e. The predicted octanol–water partition coefficient (Wildman–Crippen LogP) is 1.68. The van der Waals surface area contributed by atoms with Crippen molar-refractivity contribution in [2.24, 2.45) is 0 Å². The topological polar surface area (TPSA) is 55.4 Å². The quantitative estimate of drug-likeness (QED) is 0.808. The lowest BCUT2D eigenvalue weighted by Gasteiger charge is -2.06. The monoisotopic (exact) mass is 249 g/mol. The third kappa shape index (κ3) is 4.90. The lowest BCUT2D eigenvalue weighted by molar-refractivity contribution is 0.343. The van der Waals surface area contributed by atoms with Crippen LogP contribution in [0.25, 0.3) is 0 Å². The van der Waals surface area contributed by atoms with Crippen molar-refractivity contribution in [3.05, 3.63) is 24.3 Å². The molecule has 0 heterocycles. The maximum atomic E-state index is 10.9. The van der Waals surface area contributed by atoms with Crippen molar-refractivity contribution in [1.29, 1.82) is 0 Å². The summed E-state index contributed by atoms with van der Waals surface area (Å²) in [6.07, 6.45) is 1.10. The third-order valence-corrected chi connectivity index (χ3v) is 2.26. The van der Waals surface area contributed by atoms with Gasteiger partial charge in [-0.25, -0.2) is 8.42 Å². The van der Waals surface area contributed by atoms with E-state index in [-0.39, 0.29) is 0 Å². The molecule has 0 fully saturated rings. The van der Waals surface area contributed by atoms with Crippen molar-refractivity contribution in [2.45, 2.75) is 0 Å². The standard InChI is InChI=1S/C9H12ClNO3S/c1-15(12,13)11-8-2-4-9(5-3-8)14-7-6-10/h2-5,11H,6-7H2,1H3. The van der Waals surface area contributed by atoms with Crippen molar-refractivity contribution in [1.82, 2.24) is 0 Å². The molecular formula is C9H12ClNO3S. The van der Waals surface area contributed by atoms with Gasteiger partial charge in [0, 0.05) is 5.69 Å². The summed E-state index contributed by atoms with van der Waals surface area (Å²) in [7, 11) is -3.22. The Balaban J connectivity index is 2.64. The Morgan fingerprint density at radius 1 is 1.33 bits per heavy atom. The number of nitrogens with one attached hydrogen (secondary N) is 1. The number of hydrogen-bond acceptors (Lipinski definition) is 3. The summed E-state index contributed by atoms with van der Waals surface area (Å²) in [4.78, 5) is 0. The van der Waals surface area contributed by atoms with Crippen molar-refractivity contribution < 1.29 is 13.2 Å².